The summed E-state index contributed by atoms with van der Waals surface area (Å²) in [4.78, 5) is 26.9. The highest BCUT2D eigenvalue weighted by atomic mass is 19.1. The fourth-order valence-corrected chi connectivity index (χ4v) is 3.47. The van der Waals surface area contributed by atoms with Crippen LogP contribution in [-0.4, -0.2) is 29.8 Å². The summed E-state index contributed by atoms with van der Waals surface area (Å²) < 4.78 is 13.7. The predicted octanol–water partition coefficient (Wildman–Crippen LogP) is 3.68. The van der Waals surface area contributed by atoms with Gasteiger partial charge in [0, 0.05) is 19.0 Å². The van der Waals surface area contributed by atoms with Gasteiger partial charge in [0.1, 0.15) is 5.82 Å². The van der Waals surface area contributed by atoms with E-state index in [1.807, 2.05) is 6.92 Å². The predicted molar refractivity (Wildman–Crippen MR) is 91.2 cm³/mol. The lowest BCUT2D eigenvalue weighted by Crippen LogP contribution is -2.40. The van der Waals surface area contributed by atoms with Gasteiger partial charge in [-0.05, 0) is 49.3 Å². The molecule has 4 nitrogen and oxygen atoms in total. The summed E-state index contributed by atoms with van der Waals surface area (Å²) in [5.74, 6) is 0.177. The lowest BCUT2D eigenvalue weighted by atomic mass is 9.95. The molecule has 0 bridgehead atoms. The van der Waals surface area contributed by atoms with Crippen LogP contribution in [0.5, 0.6) is 0 Å². The summed E-state index contributed by atoms with van der Waals surface area (Å²) in [6.07, 6.45) is 4.02. The van der Waals surface area contributed by atoms with Crippen molar-refractivity contribution in [1.82, 2.24) is 4.90 Å². The second-order valence-corrected chi connectivity index (χ2v) is 7.17. The Hall–Kier alpha value is -1.91. The molecule has 130 valence electrons. The molecule has 2 fully saturated rings. The molecule has 1 saturated carbocycles. The van der Waals surface area contributed by atoms with E-state index in [1.165, 1.54) is 18.2 Å². The summed E-state index contributed by atoms with van der Waals surface area (Å²) in [6.45, 7) is 5.56. The number of anilines is 1. The summed E-state index contributed by atoms with van der Waals surface area (Å²) in [7, 11) is 0. The van der Waals surface area contributed by atoms with Crippen LogP contribution in [0.15, 0.2) is 18.2 Å². The van der Waals surface area contributed by atoms with Crippen LogP contribution in [-0.2, 0) is 4.79 Å². The van der Waals surface area contributed by atoms with Crippen LogP contribution in [0.1, 0.15) is 49.9 Å². The third-order valence-corrected chi connectivity index (χ3v) is 5.30. The Bertz CT molecular complexity index is 646. The molecule has 0 radical (unpaired) electrons. The molecule has 0 unspecified atom stereocenters. The maximum absolute atomic E-state index is 13.7. The average Bonchev–Trinajstić information content (AvgIpc) is 3.32. The largest absolute Gasteiger partial charge is 0.338 e. The molecule has 1 aromatic rings. The van der Waals surface area contributed by atoms with E-state index in [0.717, 1.165) is 25.7 Å². The fourth-order valence-electron chi connectivity index (χ4n) is 3.47. The Balaban J connectivity index is 1.79. The number of nitrogens with zero attached hydrogens (tertiary/aromatic N) is 1. The van der Waals surface area contributed by atoms with Gasteiger partial charge in [0.25, 0.3) is 5.91 Å². The van der Waals surface area contributed by atoms with E-state index in [2.05, 4.69) is 12.2 Å². The molecular weight excluding hydrogens is 307 g/mol. The average molecular weight is 332 g/mol. The quantitative estimate of drug-likeness (QED) is 0.914. The molecule has 3 rings (SSSR count). The first kappa shape index (κ1) is 16.9. The lowest BCUT2D eigenvalue weighted by Gasteiger charge is -2.32. The van der Waals surface area contributed by atoms with E-state index in [1.54, 1.807) is 4.90 Å². The molecule has 0 aromatic heterocycles. The number of piperidine rings is 1. The van der Waals surface area contributed by atoms with Gasteiger partial charge in [0.2, 0.25) is 5.91 Å². The highest BCUT2D eigenvalue weighted by molar-refractivity contribution is 6.04. The molecule has 1 aromatic carbocycles. The minimum absolute atomic E-state index is 0.0115. The number of nitrogens with one attached hydrogen (secondary N) is 1. The van der Waals surface area contributed by atoms with Crippen molar-refractivity contribution >= 4 is 17.5 Å². The fraction of sp³-hybridized carbons (Fsp3) is 0.579. The maximum atomic E-state index is 13.7. The topological polar surface area (TPSA) is 49.4 Å². The third-order valence-electron chi connectivity index (χ3n) is 5.30. The molecule has 2 aliphatic rings. The Kier molecular flexibility index (Phi) is 4.88. The van der Waals surface area contributed by atoms with Gasteiger partial charge in [-0.2, -0.15) is 0 Å². The van der Waals surface area contributed by atoms with E-state index < -0.39 is 5.82 Å². The number of carbonyl (C=O) groups excluding carboxylic acids is 2. The zero-order chi connectivity index (χ0) is 17.3. The van der Waals surface area contributed by atoms with Crippen molar-refractivity contribution in [1.29, 1.82) is 0 Å². The first-order chi connectivity index (χ1) is 11.5. The van der Waals surface area contributed by atoms with Crippen molar-refractivity contribution in [3.63, 3.8) is 0 Å². The molecule has 1 heterocycles. The SMILES string of the molecule is CC[C@@H]1CCCN(C(=O)c2cc(F)ccc2NC(=O)[C@H]2C[C@@H]2C)C1. The first-order valence-corrected chi connectivity index (χ1v) is 8.89. The van der Waals surface area contributed by atoms with Crippen LogP contribution in [0.4, 0.5) is 10.1 Å². The van der Waals surface area contributed by atoms with E-state index in [9.17, 15) is 14.0 Å². The Morgan fingerprint density at radius 1 is 1.38 bits per heavy atom. The van der Waals surface area contributed by atoms with Crippen molar-refractivity contribution in [3.05, 3.63) is 29.6 Å². The number of hydrogen-bond donors (Lipinski definition) is 1. The Morgan fingerprint density at radius 2 is 2.12 bits per heavy atom. The Labute approximate surface area is 142 Å². The van der Waals surface area contributed by atoms with Crippen LogP contribution in [0, 0.1) is 23.6 Å². The zero-order valence-electron chi connectivity index (χ0n) is 14.3. The number of carbonyl (C=O) groups is 2. The van der Waals surface area contributed by atoms with Crippen molar-refractivity contribution in [3.8, 4) is 0 Å². The van der Waals surface area contributed by atoms with Gasteiger partial charge in [0.15, 0.2) is 0 Å². The summed E-state index contributed by atoms with van der Waals surface area (Å²) in [5, 5.41) is 2.82. The van der Waals surface area contributed by atoms with Crippen LogP contribution in [0.2, 0.25) is 0 Å². The minimum atomic E-state index is -0.458. The van der Waals surface area contributed by atoms with E-state index in [4.69, 9.17) is 0 Å². The van der Waals surface area contributed by atoms with Gasteiger partial charge < -0.3 is 10.2 Å². The number of hydrogen-bond acceptors (Lipinski definition) is 2. The van der Waals surface area contributed by atoms with Crippen molar-refractivity contribution < 1.29 is 14.0 Å². The van der Waals surface area contributed by atoms with Crippen molar-refractivity contribution in [2.75, 3.05) is 18.4 Å². The molecule has 1 saturated heterocycles. The second-order valence-electron chi connectivity index (χ2n) is 7.17. The molecule has 1 aliphatic carbocycles. The Morgan fingerprint density at radius 3 is 2.79 bits per heavy atom. The maximum Gasteiger partial charge on any atom is 0.256 e. The van der Waals surface area contributed by atoms with E-state index in [0.29, 0.717) is 30.6 Å². The number of rotatable bonds is 4. The highest BCUT2D eigenvalue weighted by Gasteiger charge is 2.39. The smallest absolute Gasteiger partial charge is 0.256 e. The molecule has 2 amide bonds. The number of halogens is 1. The lowest BCUT2D eigenvalue weighted by molar-refractivity contribution is -0.117. The molecule has 5 heteroatoms. The second kappa shape index (κ2) is 6.91. The molecular formula is C19H25FN2O2. The number of benzene rings is 1. The van der Waals surface area contributed by atoms with Gasteiger partial charge >= 0.3 is 0 Å². The molecule has 24 heavy (non-hydrogen) atoms. The van der Waals surface area contributed by atoms with Crippen molar-refractivity contribution in [2.45, 2.75) is 39.5 Å². The summed E-state index contributed by atoms with van der Waals surface area (Å²) in [6, 6.07) is 4.02. The molecule has 1 aliphatic heterocycles. The van der Waals surface area contributed by atoms with Gasteiger partial charge in [0.05, 0.1) is 11.3 Å². The van der Waals surface area contributed by atoms with E-state index in [-0.39, 0.29) is 23.3 Å². The number of amides is 2. The summed E-state index contributed by atoms with van der Waals surface area (Å²) >= 11 is 0. The number of likely N-dealkylation sites (tertiary alicyclic amines) is 1. The van der Waals surface area contributed by atoms with Gasteiger partial charge in [-0.15, -0.1) is 0 Å². The van der Waals surface area contributed by atoms with Gasteiger partial charge in [-0.25, -0.2) is 4.39 Å². The van der Waals surface area contributed by atoms with Gasteiger partial charge in [-0.3, -0.25) is 9.59 Å². The van der Waals surface area contributed by atoms with Crippen molar-refractivity contribution in [2.24, 2.45) is 17.8 Å². The zero-order valence-corrected chi connectivity index (χ0v) is 14.3. The minimum Gasteiger partial charge on any atom is -0.338 e. The van der Waals surface area contributed by atoms with Crippen LogP contribution in [0.25, 0.3) is 0 Å². The molecule has 0 spiro atoms. The third kappa shape index (κ3) is 3.60. The van der Waals surface area contributed by atoms with E-state index >= 15 is 0 Å². The molecule has 1 N–H and O–H groups in total. The normalized spacial score (nSPS) is 26.1. The van der Waals surface area contributed by atoms with Crippen LogP contribution in [0.3, 0.4) is 0 Å². The standard InChI is InChI=1S/C19H25FN2O2/c1-3-13-5-4-8-22(11-13)19(24)16-10-14(20)6-7-17(16)21-18(23)15-9-12(15)2/h6-7,10,12-13,15H,3-5,8-9,11H2,1-2H3,(H,21,23)/t12-,13+,15-/m0/s1. The van der Waals surface area contributed by atoms with Crippen LogP contribution < -0.4 is 5.32 Å². The highest BCUT2D eigenvalue weighted by Crippen LogP contribution is 2.38. The van der Waals surface area contributed by atoms with Gasteiger partial charge in [-0.1, -0.05) is 20.3 Å². The monoisotopic (exact) mass is 332 g/mol. The molecule has 3 atom stereocenters. The first-order valence-electron chi connectivity index (χ1n) is 8.89. The summed E-state index contributed by atoms with van der Waals surface area (Å²) in [5.41, 5.74) is 0.678. The van der Waals surface area contributed by atoms with Crippen LogP contribution >= 0.6 is 0 Å².